The van der Waals surface area contributed by atoms with Gasteiger partial charge in [-0.3, -0.25) is 0 Å². The van der Waals surface area contributed by atoms with Gasteiger partial charge >= 0.3 is 0 Å². The molecule has 0 spiro atoms. The predicted molar refractivity (Wildman–Crippen MR) is 58.8 cm³/mol. The van der Waals surface area contributed by atoms with E-state index in [0.717, 1.165) is 12.8 Å². The maximum atomic E-state index is 9.78. The summed E-state index contributed by atoms with van der Waals surface area (Å²) in [7, 11) is 0. The van der Waals surface area contributed by atoms with Gasteiger partial charge in [0.1, 0.15) is 0 Å². The lowest BCUT2D eigenvalue weighted by Crippen LogP contribution is -2.10. The fourth-order valence-electron chi connectivity index (χ4n) is 2.85. The van der Waals surface area contributed by atoms with Gasteiger partial charge in [-0.2, -0.15) is 0 Å². The van der Waals surface area contributed by atoms with Crippen molar-refractivity contribution in [1.29, 1.82) is 0 Å². The number of thiophene rings is 1. The Morgan fingerprint density at radius 2 is 2.07 bits per heavy atom. The highest BCUT2D eigenvalue weighted by Gasteiger charge is 2.36. The topological polar surface area (TPSA) is 20.2 Å². The molecule has 1 aromatic rings. The molecule has 0 aromatic carbocycles. The van der Waals surface area contributed by atoms with Crippen LogP contribution in [0.1, 0.15) is 47.3 Å². The van der Waals surface area contributed by atoms with E-state index in [-0.39, 0.29) is 6.10 Å². The molecule has 76 valence electrons. The second kappa shape index (κ2) is 2.61. The van der Waals surface area contributed by atoms with E-state index >= 15 is 0 Å². The first-order valence-corrected chi connectivity index (χ1v) is 6.20. The maximum Gasteiger partial charge on any atom is 0.0888 e. The summed E-state index contributed by atoms with van der Waals surface area (Å²) in [5.41, 5.74) is 3.55. The van der Waals surface area contributed by atoms with Crippen LogP contribution < -0.4 is 0 Å². The molecule has 1 atom stereocenters. The third-order valence-electron chi connectivity index (χ3n) is 3.50. The molecule has 0 saturated carbocycles. The summed E-state index contributed by atoms with van der Waals surface area (Å²) in [6.07, 6.45) is 4.35. The standard InChI is InChI=1S/C12H16OS/c1-12(2)5-8-7-3-4-9(13)11(7)14-10(8)6-12/h9,13H,3-6H2,1-2H3. The van der Waals surface area contributed by atoms with Gasteiger partial charge in [0.2, 0.25) is 0 Å². The molecule has 0 aliphatic heterocycles. The second-order valence-electron chi connectivity index (χ2n) is 5.42. The van der Waals surface area contributed by atoms with Gasteiger partial charge in [-0.15, -0.1) is 11.3 Å². The van der Waals surface area contributed by atoms with Gasteiger partial charge in [-0.1, -0.05) is 13.8 Å². The van der Waals surface area contributed by atoms with Gasteiger partial charge in [0.15, 0.2) is 0 Å². The number of aliphatic hydroxyl groups is 1. The van der Waals surface area contributed by atoms with Crippen molar-refractivity contribution in [2.24, 2.45) is 5.41 Å². The molecule has 2 aliphatic rings. The van der Waals surface area contributed by atoms with E-state index in [0.29, 0.717) is 5.41 Å². The molecule has 2 heteroatoms. The monoisotopic (exact) mass is 208 g/mol. The molecular formula is C12H16OS. The van der Waals surface area contributed by atoms with E-state index in [1.165, 1.54) is 23.3 Å². The fraction of sp³-hybridized carbons (Fsp3) is 0.667. The van der Waals surface area contributed by atoms with Crippen molar-refractivity contribution in [2.75, 3.05) is 0 Å². The van der Waals surface area contributed by atoms with E-state index in [2.05, 4.69) is 13.8 Å². The summed E-state index contributed by atoms with van der Waals surface area (Å²) < 4.78 is 0. The van der Waals surface area contributed by atoms with Crippen molar-refractivity contribution in [3.8, 4) is 0 Å². The van der Waals surface area contributed by atoms with E-state index in [9.17, 15) is 5.11 Å². The average molecular weight is 208 g/mol. The molecule has 2 aliphatic carbocycles. The Morgan fingerprint density at radius 3 is 2.86 bits per heavy atom. The maximum absolute atomic E-state index is 9.78. The molecule has 1 unspecified atom stereocenters. The highest BCUT2D eigenvalue weighted by molar-refractivity contribution is 7.12. The van der Waals surface area contributed by atoms with Gasteiger partial charge in [0.25, 0.3) is 0 Å². The quantitative estimate of drug-likeness (QED) is 0.695. The van der Waals surface area contributed by atoms with Crippen LogP contribution >= 0.6 is 11.3 Å². The Balaban J connectivity index is 2.08. The van der Waals surface area contributed by atoms with Crippen molar-refractivity contribution in [1.82, 2.24) is 0 Å². The summed E-state index contributed by atoms with van der Waals surface area (Å²) in [6.45, 7) is 4.69. The summed E-state index contributed by atoms with van der Waals surface area (Å²) in [5, 5.41) is 9.78. The van der Waals surface area contributed by atoms with Crippen LogP contribution in [0.25, 0.3) is 0 Å². The minimum Gasteiger partial charge on any atom is -0.388 e. The predicted octanol–water partition coefficient (Wildman–Crippen LogP) is 2.85. The molecule has 0 bridgehead atoms. The minimum atomic E-state index is -0.149. The van der Waals surface area contributed by atoms with Crippen LogP contribution in [0.5, 0.6) is 0 Å². The molecule has 14 heavy (non-hydrogen) atoms. The van der Waals surface area contributed by atoms with Gasteiger partial charge in [0, 0.05) is 9.75 Å². The van der Waals surface area contributed by atoms with Crippen molar-refractivity contribution in [3.05, 3.63) is 20.9 Å². The Hall–Kier alpha value is -0.340. The van der Waals surface area contributed by atoms with E-state index in [1.807, 2.05) is 11.3 Å². The molecule has 0 amide bonds. The molecular weight excluding hydrogens is 192 g/mol. The van der Waals surface area contributed by atoms with Crippen LogP contribution in [-0.4, -0.2) is 5.11 Å². The molecule has 1 aromatic heterocycles. The van der Waals surface area contributed by atoms with Crippen molar-refractivity contribution >= 4 is 11.3 Å². The largest absolute Gasteiger partial charge is 0.388 e. The molecule has 0 radical (unpaired) electrons. The smallest absolute Gasteiger partial charge is 0.0888 e. The van der Waals surface area contributed by atoms with Crippen molar-refractivity contribution in [2.45, 2.75) is 45.6 Å². The zero-order valence-electron chi connectivity index (χ0n) is 8.76. The first kappa shape index (κ1) is 8.93. The number of rotatable bonds is 0. The molecule has 1 N–H and O–H groups in total. The van der Waals surface area contributed by atoms with E-state index in [4.69, 9.17) is 0 Å². The van der Waals surface area contributed by atoms with Gasteiger partial charge in [-0.25, -0.2) is 0 Å². The Labute approximate surface area is 88.8 Å². The molecule has 3 rings (SSSR count). The summed E-state index contributed by atoms with van der Waals surface area (Å²) in [4.78, 5) is 2.84. The number of fused-ring (bicyclic) bond motifs is 3. The first-order valence-electron chi connectivity index (χ1n) is 5.38. The SMILES string of the molecule is CC1(C)Cc2sc3c(c2C1)CCC3O. The zero-order chi connectivity index (χ0) is 9.92. The van der Waals surface area contributed by atoms with Crippen LogP contribution in [0.2, 0.25) is 0 Å². The highest BCUT2D eigenvalue weighted by Crippen LogP contribution is 2.48. The Bertz CT molecular complexity index is 389. The highest BCUT2D eigenvalue weighted by atomic mass is 32.1. The van der Waals surface area contributed by atoms with Crippen molar-refractivity contribution in [3.63, 3.8) is 0 Å². The molecule has 0 saturated heterocycles. The van der Waals surface area contributed by atoms with E-state index < -0.39 is 0 Å². The molecule has 0 fully saturated rings. The van der Waals surface area contributed by atoms with Crippen LogP contribution in [-0.2, 0) is 19.3 Å². The van der Waals surface area contributed by atoms with Crippen LogP contribution in [0.3, 0.4) is 0 Å². The lowest BCUT2D eigenvalue weighted by molar-refractivity contribution is 0.183. The summed E-state index contributed by atoms with van der Waals surface area (Å²) in [5.74, 6) is 0. The van der Waals surface area contributed by atoms with Crippen LogP contribution in [0.4, 0.5) is 0 Å². The molecule has 1 nitrogen and oxygen atoms in total. The summed E-state index contributed by atoms with van der Waals surface area (Å²) in [6, 6.07) is 0. The number of aliphatic hydroxyl groups excluding tert-OH is 1. The fourth-order valence-corrected chi connectivity index (χ4v) is 4.50. The van der Waals surface area contributed by atoms with Gasteiger partial charge in [0.05, 0.1) is 6.10 Å². The minimum absolute atomic E-state index is 0.149. The van der Waals surface area contributed by atoms with Gasteiger partial charge < -0.3 is 5.11 Å². The third kappa shape index (κ3) is 1.10. The van der Waals surface area contributed by atoms with Crippen LogP contribution in [0.15, 0.2) is 0 Å². The molecule has 1 heterocycles. The lowest BCUT2D eigenvalue weighted by Gasteiger charge is -2.16. The third-order valence-corrected chi connectivity index (χ3v) is 4.87. The normalized spacial score (nSPS) is 27.8. The Morgan fingerprint density at radius 1 is 1.29 bits per heavy atom. The average Bonchev–Trinajstić information content (AvgIpc) is 2.63. The summed E-state index contributed by atoms with van der Waals surface area (Å²) >= 11 is 1.87. The second-order valence-corrected chi connectivity index (χ2v) is 6.56. The lowest BCUT2D eigenvalue weighted by atomic mass is 9.90. The zero-order valence-corrected chi connectivity index (χ0v) is 9.58. The van der Waals surface area contributed by atoms with E-state index in [1.54, 1.807) is 10.4 Å². The first-order chi connectivity index (χ1) is 6.57. The number of hydrogen-bond donors (Lipinski definition) is 1. The van der Waals surface area contributed by atoms with Gasteiger partial charge in [-0.05, 0) is 42.2 Å². The van der Waals surface area contributed by atoms with Crippen LogP contribution in [0, 0.1) is 5.41 Å². The number of hydrogen-bond acceptors (Lipinski definition) is 2. The van der Waals surface area contributed by atoms with Crippen molar-refractivity contribution < 1.29 is 5.11 Å². The Kier molecular flexibility index (Phi) is 1.67.